The van der Waals surface area contributed by atoms with Crippen molar-refractivity contribution in [2.45, 2.75) is 44.8 Å². The minimum Gasteiger partial charge on any atom is -0.301 e. The van der Waals surface area contributed by atoms with E-state index in [1.54, 1.807) is 45.9 Å². The molecule has 0 radical (unpaired) electrons. The molecular weight excluding hydrogens is 522 g/mol. The molecule has 7 nitrogen and oxygen atoms in total. The molecule has 176 valence electrons. The first-order chi connectivity index (χ1) is 15.9. The van der Waals surface area contributed by atoms with Gasteiger partial charge in [-0.25, -0.2) is 9.69 Å². The molecule has 2 aromatic rings. The van der Waals surface area contributed by atoms with E-state index in [1.165, 1.54) is 15.9 Å². The van der Waals surface area contributed by atoms with Crippen LogP contribution in [0.4, 0.5) is 10.5 Å². The van der Waals surface area contributed by atoms with Gasteiger partial charge in [0.2, 0.25) is 11.8 Å². The number of benzene rings is 2. The molecule has 4 atom stereocenters. The molecule has 34 heavy (non-hydrogen) atoms. The normalized spacial score (nSPS) is 28.8. The molecule has 3 heterocycles. The summed E-state index contributed by atoms with van der Waals surface area (Å²) in [6.07, 6.45) is 0. The Bertz CT molecular complexity index is 1260. The number of amides is 5. The molecule has 0 aromatic heterocycles. The summed E-state index contributed by atoms with van der Waals surface area (Å²) in [4.78, 5) is 59.0. The quantitative estimate of drug-likeness (QED) is 0.403. The number of carbonyl (C=O) groups is 4. The Morgan fingerprint density at radius 2 is 1.62 bits per heavy atom. The summed E-state index contributed by atoms with van der Waals surface area (Å²) in [5.41, 5.74) is -1.27. The van der Waals surface area contributed by atoms with Crippen LogP contribution in [0.25, 0.3) is 0 Å². The van der Waals surface area contributed by atoms with Crippen LogP contribution in [0, 0.1) is 11.8 Å². The Morgan fingerprint density at radius 1 is 0.971 bits per heavy atom. The highest BCUT2D eigenvalue weighted by Gasteiger charge is 2.76. The fraction of sp³-hybridized carbons (Fsp3) is 0.360. The summed E-state index contributed by atoms with van der Waals surface area (Å²) in [5, 5.41) is 0.378. The number of urea groups is 1. The van der Waals surface area contributed by atoms with Crippen LogP contribution >= 0.6 is 27.5 Å². The van der Waals surface area contributed by atoms with Crippen LogP contribution < -0.4 is 4.90 Å². The van der Waals surface area contributed by atoms with Gasteiger partial charge in [-0.1, -0.05) is 45.7 Å². The fourth-order valence-corrected chi connectivity index (χ4v) is 6.14. The minimum atomic E-state index is -1.52. The predicted molar refractivity (Wildman–Crippen MR) is 130 cm³/mol. The third-order valence-corrected chi connectivity index (χ3v) is 7.82. The number of fused-ring (bicyclic) bond motifs is 3. The molecule has 3 aliphatic rings. The zero-order chi connectivity index (χ0) is 24.7. The largest absolute Gasteiger partial charge is 0.332 e. The predicted octanol–water partition coefficient (Wildman–Crippen LogP) is 4.78. The van der Waals surface area contributed by atoms with Gasteiger partial charge < -0.3 is 4.90 Å². The van der Waals surface area contributed by atoms with Crippen LogP contribution in [0.1, 0.15) is 39.3 Å². The molecular formula is C25H23BrClN3O4. The number of hydrogen-bond donors (Lipinski definition) is 0. The van der Waals surface area contributed by atoms with Gasteiger partial charge in [-0.05, 0) is 63.6 Å². The van der Waals surface area contributed by atoms with Gasteiger partial charge in [0.25, 0.3) is 5.91 Å². The second kappa shape index (κ2) is 7.39. The molecule has 9 heteroatoms. The van der Waals surface area contributed by atoms with Crippen molar-refractivity contribution in [3.8, 4) is 0 Å². The molecule has 0 aliphatic carbocycles. The highest BCUT2D eigenvalue weighted by Crippen LogP contribution is 2.59. The smallest absolute Gasteiger partial charge is 0.301 e. The summed E-state index contributed by atoms with van der Waals surface area (Å²) in [5.74, 6) is -3.17. The maximum absolute atomic E-state index is 13.9. The number of anilines is 1. The fourth-order valence-electron chi connectivity index (χ4n) is 5.69. The Balaban J connectivity index is 1.72. The summed E-state index contributed by atoms with van der Waals surface area (Å²) < 4.78 is 0.836. The molecule has 5 amide bonds. The van der Waals surface area contributed by atoms with Crippen molar-refractivity contribution in [2.24, 2.45) is 11.8 Å². The van der Waals surface area contributed by atoms with Crippen molar-refractivity contribution >= 4 is 57.0 Å². The number of hydrogen-bond acceptors (Lipinski definition) is 4. The summed E-state index contributed by atoms with van der Waals surface area (Å²) in [6.45, 7) is 6.97. The Hall–Kier alpha value is -2.71. The molecule has 3 aliphatic heterocycles. The van der Waals surface area contributed by atoms with Crippen LogP contribution in [0.5, 0.6) is 0 Å². The van der Waals surface area contributed by atoms with Gasteiger partial charge in [-0.15, -0.1) is 0 Å². The maximum Gasteiger partial charge on any atom is 0.332 e. The Morgan fingerprint density at radius 3 is 2.21 bits per heavy atom. The molecule has 0 saturated carbocycles. The van der Waals surface area contributed by atoms with Crippen molar-refractivity contribution in [1.82, 2.24) is 9.80 Å². The second-order valence-electron chi connectivity index (χ2n) is 10.1. The molecule has 3 saturated heterocycles. The van der Waals surface area contributed by atoms with E-state index < -0.39 is 46.8 Å². The van der Waals surface area contributed by atoms with Crippen LogP contribution in [-0.2, 0) is 14.4 Å². The number of carbonyl (C=O) groups excluding carboxylic acids is 4. The average Bonchev–Trinajstić information content (AvgIpc) is 3.25. The standard InChI is InChI=1S/C25H23BrClN3O4/c1-24(2,3)30-20(31)17-18(21(30)32)25(4)22(33)28(16-7-5-6-15(27)12-16)23(34)29(25)19(17)13-8-10-14(26)11-9-13/h5-12,17-19H,1-4H3/t17-,18-,19-,25-/m1/s1. The van der Waals surface area contributed by atoms with Crippen LogP contribution in [0.2, 0.25) is 5.02 Å². The number of rotatable bonds is 2. The lowest BCUT2D eigenvalue weighted by Gasteiger charge is -2.36. The molecule has 0 bridgehead atoms. The monoisotopic (exact) mass is 543 g/mol. The Labute approximate surface area is 210 Å². The first kappa shape index (κ1) is 23.1. The van der Waals surface area contributed by atoms with Gasteiger partial charge in [0.05, 0.1) is 23.6 Å². The summed E-state index contributed by atoms with van der Waals surface area (Å²) in [7, 11) is 0. The third kappa shape index (κ3) is 2.94. The van der Waals surface area contributed by atoms with Gasteiger partial charge in [0.15, 0.2) is 0 Å². The second-order valence-corrected chi connectivity index (χ2v) is 11.5. The first-order valence-electron chi connectivity index (χ1n) is 11.0. The molecule has 5 rings (SSSR count). The zero-order valence-electron chi connectivity index (χ0n) is 19.1. The van der Waals surface area contributed by atoms with E-state index in [4.69, 9.17) is 11.6 Å². The first-order valence-corrected chi connectivity index (χ1v) is 12.1. The van der Waals surface area contributed by atoms with E-state index in [0.717, 1.165) is 9.37 Å². The summed E-state index contributed by atoms with van der Waals surface area (Å²) in [6, 6.07) is 12.4. The topological polar surface area (TPSA) is 78.0 Å². The van der Waals surface area contributed by atoms with E-state index in [9.17, 15) is 19.2 Å². The molecule has 0 N–H and O–H groups in total. The van der Waals surface area contributed by atoms with Gasteiger partial charge in [-0.2, -0.15) is 0 Å². The lowest BCUT2D eigenvalue weighted by atomic mass is 9.80. The number of nitrogens with zero attached hydrogens (tertiary/aromatic N) is 3. The minimum absolute atomic E-state index is 0.327. The number of halogens is 2. The van der Waals surface area contributed by atoms with Crippen LogP contribution in [0.3, 0.4) is 0 Å². The maximum atomic E-state index is 13.9. The van der Waals surface area contributed by atoms with E-state index in [0.29, 0.717) is 16.3 Å². The van der Waals surface area contributed by atoms with Crippen molar-refractivity contribution in [1.29, 1.82) is 0 Å². The highest BCUT2D eigenvalue weighted by molar-refractivity contribution is 9.10. The molecule has 3 fully saturated rings. The van der Waals surface area contributed by atoms with Crippen molar-refractivity contribution < 1.29 is 19.2 Å². The summed E-state index contributed by atoms with van der Waals surface area (Å²) >= 11 is 9.56. The van der Waals surface area contributed by atoms with Crippen LogP contribution in [0.15, 0.2) is 53.0 Å². The Kier molecular flexibility index (Phi) is 5.01. The molecule has 0 spiro atoms. The lowest BCUT2D eigenvalue weighted by Crippen LogP contribution is -2.54. The van der Waals surface area contributed by atoms with Gasteiger partial charge in [0.1, 0.15) is 5.54 Å². The molecule has 0 unspecified atom stereocenters. The van der Waals surface area contributed by atoms with Crippen molar-refractivity contribution in [3.05, 3.63) is 63.6 Å². The van der Waals surface area contributed by atoms with E-state index >= 15 is 0 Å². The van der Waals surface area contributed by atoms with Gasteiger partial charge in [0, 0.05) is 15.0 Å². The van der Waals surface area contributed by atoms with Crippen LogP contribution in [-0.4, -0.2) is 44.6 Å². The molecule has 2 aromatic carbocycles. The van der Waals surface area contributed by atoms with Gasteiger partial charge in [-0.3, -0.25) is 19.3 Å². The van der Waals surface area contributed by atoms with Gasteiger partial charge >= 0.3 is 6.03 Å². The SMILES string of the molecule is CC(C)(C)N1C(=O)[C@H]2[C@@H](c3ccc(Br)cc3)N3C(=O)N(c4cccc(Cl)c4)C(=O)[C@@]3(C)[C@H]2C1=O. The highest BCUT2D eigenvalue weighted by atomic mass is 79.9. The third-order valence-electron chi connectivity index (χ3n) is 7.06. The van der Waals surface area contributed by atoms with E-state index in [-0.39, 0.29) is 5.91 Å². The van der Waals surface area contributed by atoms with E-state index in [2.05, 4.69) is 15.9 Å². The number of likely N-dealkylation sites (tertiary alicyclic amines) is 1. The van der Waals surface area contributed by atoms with Crippen molar-refractivity contribution in [2.75, 3.05) is 4.90 Å². The average molecular weight is 545 g/mol. The van der Waals surface area contributed by atoms with E-state index in [1.807, 2.05) is 24.3 Å². The number of imide groups is 2. The lowest BCUT2D eigenvalue weighted by molar-refractivity contribution is -0.148. The zero-order valence-corrected chi connectivity index (χ0v) is 21.4. The van der Waals surface area contributed by atoms with Crippen molar-refractivity contribution in [3.63, 3.8) is 0 Å².